The van der Waals surface area contributed by atoms with Crippen molar-refractivity contribution in [2.24, 2.45) is 17.3 Å². The monoisotopic (exact) mass is 458 g/mol. The van der Waals surface area contributed by atoms with Gasteiger partial charge in [0.05, 0.1) is 12.0 Å². The van der Waals surface area contributed by atoms with Crippen LogP contribution in [0, 0.1) is 17.3 Å². The zero-order valence-corrected chi connectivity index (χ0v) is 20.9. The number of aromatic nitrogens is 1. The average molecular weight is 459 g/mol. The zero-order valence-electron chi connectivity index (χ0n) is 20.9. The van der Waals surface area contributed by atoms with E-state index >= 15 is 0 Å². The molecule has 2 fully saturated rings. The number of carbonyl (C=O) groups is 1. The first kappa shape index (κ1) is 26.2. The van der Waals surface area contributed by atoms with Crippen LogP contribution in [0.15, 0.2) is 24.5 Å². The van der Waals surface area contributed by atoms with E-state index in [9.17, 15) is 9.90 Å². The summed E-state index contributed by atoms with van der Waals surface area (Å²) in [6.45, 7) is 6.10. The number of nitrogens with zero attached hydrogens (tertiary/aromatic N) is 1. The standard InChI is InChI=1S/C28H46N2O3/c1-3-5-6-7-8-9-10-22(4-2)27(32)33-25-21-30-20-17-28(25)15-11-23(12-16-28)26(31)24-13-18-29-19-14-24/h13-14,18-19,22-23,25-26,30-31H,3-12,15-17,20-21H2,1-2H3. The molecule has 1 saturated heterocycles. The maximum Gasteiger partial charge on any atom is 0.309 e. The highest BCUT2D eigenvalue weighted by atomic mass is 16.5. The van der Waals surface area contributed by atoms with Gasteiger partial charge in [0.25, 0.3) is 0 Å². The number of aliphatic hydroxyl groups excluding tert-OH is 1. The first-order chi connectivity index (χ1) is 16.1. The molecule has 0 radical (unpaired) electrons. The molecule has 3 unspecified atom stereocenters. The maximum atomic E-state index is 13.1. The Morgan fingerprint density at radius 1 is 1.12 bits per heavy atom. The number of pyridine rings is 1. The lowest BCUT2D eigenvalue weighted by atomic mass is 9.63. The van der Waals surface area contributed by atoms with Gasteiger partial charge in [0.1, 0.15) is 6.10 Å². The smallest absolute Gasteiger partial charge is 0.309 e. The van der Waals surface area contributed by atoms with Gasteiger partial charge < -0.3 is 15.2 Å². The number of esters is 1. The van der Waals surface area contributed by atoms with E-state index in [0.717, 1.165) is 70.0 Å². The van der Waals surface area contributed by atoms with Crippen molar-refractivity contribution in [3.8, 4) is 0 Å². The van der Waals surface area contributed by atoms with Gasteiger partial charge in [-0.2, -0.15) is 0 Å². The number of unbranched alkanes of at least 4 members (excludes halogenated alkanes) is 5. The summed E-state index contributed by atoms with van der Waals surface area (Å²) in [6, 6.07) is 3.83. The van der Waals surface area contributed by atoms with Crippen LogP contribution in [0.2, 0.25) is 0 Å². The Morgan fingerprint density at radius 2 is 1.82 bits per heavy atom. The minimum atomic E-state index is -0.435. The van der Waals surface area contributed by atoms with Crippen molar-refractivity contribution in [3.63, 3.8) is 0 Å². The molecule has 1 aliphatic heterocycles. The molecule has 2 N–H and O–H groups in total. The number of hydrogen-bond donors (Lipinski definition) is 2. The number of piperidine rings is 1. The first-order valence-electron chi connectivity index (χ1n) is 13.6. The van der Waals surface area contributed by atoms with E-state index in [1.165, 1.54) is 32.1 Å². The molecule has 2 aliphatic rings. The second-order valence-corrected chi connectivity index (χ2v) is 10.5. The molecule has 5 nitrogen and oxygen atoms in total. The van der Waals surface area contributed by atoms with Crippen molar-refractivity contribution >= 4 is 5.97 Å². The van der Waals surface area contributed by atoms with Crippen LogP contribution in [-0.4, -0.2) is 35.3 Å². The molecule has 1 aromatic rings. The molecule has 3 rings (SSSR count). The zero-order chi connectivity index (χ0) is 23.5. The van der Waals surface area contributed by atoms with E-state index < -0.39 is 6.10 Å². The van der Waals surface area contributed by atoms with Crippen LogP contribution in [0.25, 0.3) is 0 Å². The van der Waals surface area contributed by atoms with E-state index in [0.29, 0.717) is 0 Å². The quantitative estimate of drug-likeness (QED) is 0.298. The maximum absolute atomic E-state index is 13.1. The van der Waals surface area contributed by atoms with Crippen LogP contribution in [-0.2, 0) is 9.53 Å². The fraction of sp³-hybridized carbons (Fsp3) is 0.786. The van der Waals surface area contributed by atoms with E-state index in [1.54, 1.807) is 12.4 Å². The fourth-order valence-corrected chi connectivity index (χ4v) is 5.95. The minimum Gasteiger partial charge on any atom is -0.460 e. The van der Waals surface area contributed by atoms with Crippen molar-refractivity contribution in [1.82, 2.24) is 10.3 Å². The minimum absolute atomic E-state index is 0.0121. The lowest BCUT2D eigenvalue weighted by molar-refractivity contribution is -0.167. The van der Waals surface area contributed by atoms with Crippen LogP contribution in [0.3, 0.4) is 0 Å². The predicted molar refractivity (Wildman–Crippen MR) is 133 cm³/mol. The number of aliphatic hydroxyl groups is 1. The number of nitrogens with one attached hydrogen (secondary N) is 1. The van der Waals surface area contributed by atoms with Crippen LogP contribution in [0.4, 0.5) is 0 Å². The van der Waals surface area contributed by atoms with Crippen LogP contribution in [0.1, 0.15) is 109 Å². The summed E-state index contributed by atoms with van der Waals surface area (Å²) in [6.07, 6.45) is 17.4. The van der Waals surface area contributed by atoms with Gasteiger partial charge in [-0.25, -0.2) is 0 Å². The van der Waals surface area contributed by atoms with Crippen LogP contribution < -0.4 is 5.32 Å². The third kappa shape index (κ3) is 7.26. The third-order valence-corrected chi connectivity index (χ3v) is 8.32. The lowest BCUT2D eigenvalue weighted by Crippen LogP contribution is -2.53. The molecule has 3 atom stereocenters. The summed E-state index contributed by atoms with van der Waals surface area (Å²) in [5, 5.41) is 14.3. The van der Waals surface area contributed by atoms with Gasteiger partial charge >= 0.3 is 5.97 Å². The number of rotatable bonds is 12. The summed E-state index contributed by atoms with van der Waals surface area (Å²) < 4.78 is 6.24. The molecule has 186 valence electrons. The molecule has 0 amide bonds. The van der Waals surface area contributed by atoms with Crippen LogP contribution in [0.5, 0.6) is 0 Å². The summed E-state index contributed by atoms with van der Waals surface area (Å²) in [5.74, 6) is 0.304. The third-order valence-electron chi connectivity index (χ3n) is 8.32. The van der Waals surface area contributed by atoms with Crippen molar-refractivity contribution in [3.05, 3.63) is 30.1 Å². The van der Waals surface area contributed by atoms with Gasteiger partial charge in [-0.05, 0) is 75.1 Å². The highest BCUT2D eigenvalue weighted by Crippen LogP contribution is 2.49. The summed E-state index contributed by atoms with van der Waals surface area (Å²) in [4.78, 5) is 17.2. The van der Waals surface area contributed by atoms with Crippen molar-refractivity contribution < 1.29 is 14.6 Å². The molecule has 2 heterocycles. The van der Waals surface area contributed by atoms with Gasteiger partial charge in [-0.15, -0.1) is 0 Å². The van der Waals surface area contributed by atoms with Gasteiger partial charge in [-0.3, -0.25) is 9.78 Å². The summed E-state index contributed by atoms with van der Waals surface area (Å²) >= 11 is 0. The highest BCUT2D eigenvalue weighted by Gasteiger charge is 2.46. The topological polar surface area (TPSA) is 71.5 Å². The molecule has 0 bridgehead atoms. The number of hydrogen-bond acceptors (Lipinski definition) is 5. The van der Waals surface area contributed by atoms with E-state index in [1.807, 2.05) is 12.1 Å². The van der Waals surface area contributed by atoms with Crippen LogP contribution >= 0.6 is 0 Å². The van der Waals surface area contributed by atoms with Gasteiger partial charge in [0.2, 0.25) is 0 Å². The molecule has 0 aromatic carbocycles. The Balaban J connectivity index is 1.51. The molecular formula is C28H46N2O3. The van der Waals surface area contributed by atoms with E-state index in [2.05, 4.69) is 24.1 Å². The van der Waals surface area contributed by atoms with Gasteiger partial charge in [0.15, 0.2) is 0 Å². The van der Waals surface area contributed by atoms with Crippen molar-refractivity contribution in [2.75, 3.05) is 13.1 Å². The average Bonchev–Trinajstić information content (AvgIpc) is 2.85. The summed E-state index contributed by atoms with van der Waals surface area (Å²) in [7, 11) is 0. The van der Waals surface area contributed by atoms with Gasteiger partial charge in [-0.1, -0.05) is 52.4 Å². The first-order valence-corrected chi connectivity index (χ1v) is 13.6. The SMILES string of the molecule is CCCCCCCCC(CC)C(=O)OC1CNCCC12CCC(C(O)c1ccncc1)CC2. The molecular weight excluding hydrogens is 412 g/mol. The second-order valence-electron chi connectivity index (χ2n) is 10.5. The summed E-state index contributed by atoms with van der Waals surface area (Å²) in [5.41, 5.74) is 1.02. The second kappa shape index (κ2) is 13.4. The normalized spacial score (nSPS) is 27.2. The fourth-order valence-electron chi connectivity index (χ4n) is 5.95. The largest absolute Gasteiger partial charge is 0.460 e. The molecule has 33 heavy (non-hydrogen) atoms. The Labute approximate surface area is 201 Å². The molecule has 1 saturated carbocycles. The molecule has 1 aliphatic carbocycles. The van der Waals surface area contributed by atoms with E-state index in [4.69, 9.17) is 4.74 Å². The highest BCUT2D eigenvalue weighted by molar-refractivity contribution is 5.72. The number of carbonyl (C=O) groups excluding carboxylic acids is 1. The van der Waals surface area contributed by atoms with Crippen molar-refractivity contribution in [2.45, 2.75) is 110 Å². The Morgan fingerprint density at radius 3 is 2.52 bits per heavy atom. The Bertz CT molecular complexity index is 688. The predicted octanol–water partition coefficient (Wildman–Crippen LogP) is 5.97. The number of ether oxygens (including phenoxy) is 1. The lowest BCUT2D eigenvalue weighted by Gasteiger charge is -2.48. The van der Waals surface area contributed by atoms with Gasteiger partial charge in [0, 0.05) is 24.4 Å². The molecule has 5 heteroatoms. The Hall–Kier alpha value is -1.46. The van der Waals surface area contributed by atoms with E-state index in [-0.39, 0.29) is 29.3 Å². The molecule has 1 aromatic heterocycles. The van der Waals surface area contributed by atoms with Crippen molar-refractivity contribution in [1.29, 1.82) is 0 Å². The molecule has 1 spiro atoms. The Kier molecular flexibility index (Phi) is 10.6.